The monoisotopic (exact) mass is 338 g/mol. The molecule has 3 aromatic rings. The van der Waals surface area contributed by atoms with E-state index in [1.54, 1.807) is 12.5 Å². The highest BCUT2D eigenvalue weighted by atomic mass is 35.5. The number of rotatable bonds is 3. The molecule has 0 aliphatic carbocycles. The van der Waals surface area contributed by atoms with Gasteiger partial charge in [-0.05, 0) is 16.3 Å². The fourth-order valence-electron chi connectivity index (χ4n) is 3.33. The molecule has 24 heavy (non-hydrogen) atoms. The van der Waals surface area contributed by atoms with Gasteiger partial charge >= 0.3 is 0 Å². The zero-order valence-electron chi connectivity index (χ0n) is 13.4. The summed E-state index contributed by atoms with van der Waals surface area (Å²) in [5.41, 5.74) is 1.39. The largest absolute Gasteiger partial charge is 0.353 e. The molecule has 0 saturated carbocycles. The number of aromatic nitrogens is 2. The Morgan fingerprint density at radius 3 is 2.58 bits per heavy atom. The fraction of sp³-hybridized carbons (Fsp3) is 0.263. The summed E-state index contributed by atoms with van der Waals surface area (Å²) in [5, 5.41) is 3.28. The van der Waals surface area contributed by atoms with E-state index >= 15 is 0 Å². The first kappa shape index (κ1) is 15.4. The number of hydrogen-bond acceptors (Lipinski definition) is 4. The third-order valence-electron chi connectivity index (χ3n) is 4.59. The van der Waals surface area contributed by atoms with Crippen molar-refractivity contribution in [2.24, 2.45) is 0 Å². The Labute approximate surface area is 146 Å². The molecule has 4 rings (SSSR count). The van der Waals surface area contributed by atoms with Crippen LogP contribution in [0.15, 0.2) is 55.0 Å². The van der Waals surface area contributed by atoms with Crippen LogP contribution in [0.1, 0.15) is 5.56 Å². The highest BCUT2D eigenvalue weighted by molar-refractivity contribution is 6.32. The van der Waals surface area contributed by atoms with E-state index in [9.17, 15) is 0 Å². The van der Waals surface area contributed by atoms with Gasteiger partial charge in [0.25, 0.3) is 0 Å². The summed E-state index contributed by atoms with van der Waals surface area (Å²) >= 11 is 6.21. The van der Waals surface area contributed by atoms with Crippen LogP contribution in [0, 0.1) is 0 Å². The number of anilines is 1. The predicted molar refractivity (Wildman–Crippen MR) is 98.5 cm³/mol. The maximum Gasteiger partial charge on any atom is 0.150 e. The Hall–Kier alpha value is -2.17. The number of nitrogens with zero attached hydrogens (tertiary/aromatic N) is 4. The van der Waals surface area contributed by atoms with Crippen molar-refractivity contribution >= 4 is 28.2 Å². The van der Waals surface area contributed by atoms with Crippen molar-refractivity contribution < 1.29 is 0 Å². The van der Waals surface area contributed by atoms with Gasteiger partial charge in [0.05, 0.1) is 6.20 Å². The zero-order valence-corrected chi connectivity index (χ0v) is 14.2. The van der Waals surface area contributed by atoms with Crippen molar-refractivity contribution in [1.29, 1.82) is 0 Å². The molecule has 1 aliphatic rings. The first-order valence-corrected chi connectivity index (χ1v) is 8.58. The Bertz CT molecular complexity index is 838. The molecule has 2 aromatic carbocycles. The van der Waals surface area contributed by atoms with Crippen molar-refractivity contribution in [1.82, 2.24) is 14.9 Å². The molecule has 4 nitrogen and oxygen atoms in total. The second kappa shape index (κ2) is 6.75. The van der Waals surface area contributed by atoms with E-state index in [1.165, 1.54) is 16.3 Å². The van der Waals surface area contributed by atoms with Gasteiger partial charge in [0.15, 0.2) is 5.82 Å². The summed E-state index contributed by atoms with van der Waals surface area (Å²) in [4.78, 5) is 13.0. The van der Waals surface area contributed by atoms with Crippen LogP contribution in [0.2, 0.25) is 5.02 Å². The second-order valence-electron chi connectivity index (χ2n) is 6.10. The topological polar surface area (TPSA) is 32.3 Å². The Morgan fingerprint density at radius 1 is 0.958 bits per heavy atom. The van der Waals surface area contributed by atoms with Crippen molar-refractivity contribution in [3.8, 4) is 0 Å². The third-order valence-corrected chi connectivity index (χ3v) is 4.86. The third kappa shape index (κ3) is 3.07. The molecule has 1 fully saturated rings. The average Bonchev–Trinajstić information content (AvgIpc) is 2.63. The summed E-state index contributed by atoms with van der Waals surface area (Å²) in [6.45, 7) is 4.85. The van der Waals surface area contributed by atoms with Gasteiger partial charge in [0.1, 0.15) is 11.3 Å². The Kier molecular flexibility index (Phi) is 4.32. The Balaban J connectivity index is 1.46. The minimum absolute atomic E-state index is 0.625. The van der Waals surface area contributed by atoms with Crippen molar-refractivity contribution in [2.45, 2.75) is 6.54 Å². The van der Waals surface area contributed by atoms with Crippen molar-refractivity contribution in [2.75, 3.05) is 31.1 Å². The van der Waals surface area contributed by atoms with Crippen LogP contribution in [0.3, 0.4) is 0 Å². The van der Waals surface area contributed by atoms with Crippen LogP contribution in [0.25, 0.3) is 10.8 Å². The lowest BCUT2D eigenvalue weighted by Crippen LogP contribution is -2.46. The molecule has 122 valence electrons. The maximum atomic E-state index is 6.21. The molecular weight excluding hydrogens is 320 g/mol. The van der Waals surface area contributed by atoms with Gasteiger partial charge in [-0.3, -0.25) is 4.90 Å². The molecule has 1 aromatic heterocycles. The SMILES string of the molecule is Clc1cncnc1N1CCN(Cc2cccc3ccccc23)CC1. The molecule has 0 amide bonds. The lowest BCUT2D eigenvalue weighted by atomic mass is 10.0. The molecule has 0 atom stereocenters. The van der Waals surface area contributed by atoms with Crippen molar-refractivity contribution in [3.63, 3.8) is 0 Å². The lowest BCUT2D eigenvalue weighted by molar-refractivity contribution is 0.250. The molecule has 0 bridgehead atoms. The summed E-state index contributed by atoms with van der Waals surface area (Å²) in [7, 11) is 0. The minimum atomic E-state index is 0.625. The first-order valence-electron chi connectivity index (χ1n) is 8.21. The molecule has 0 N–H and O–H groups in total. The molecule has 0 radical (unpaired) electrons. The average molecular weight is 339 g/mol. The van der Waals surface area contributed by atoms with Gasteiger partial charge < -0.3 is 4.90 Å². The van der Waals surface area contributed by atoms with E-state index in [4.69, 9.17) is 11.6 Å². The van der Waals surface area contributed by atoms with E-state index in [2.05, 4.69) is 62.2 Å². The fourth-order valence-corrected chi connectivity index (χ4v) is 3.55. The normalized spacial score (nSPS) is 15.8. The molecular formula is C19H19ClN4. The summed E-state index contributed by atoms with van der Waals surface area (Å²) in [6.07, 6.45) is 3.22. The maximum absolute atomic E-state index is 6.21. The van der Waals surface area contributed by atoms with E-state index in [-0.39, 0.29) is 0 Å². The number of piperazine rings is 1. The molecule has 0 unspecified atom stereocenters. The molecule has 2 heterocycles. The number of hydrogen-bond donors (Lipinski definition) is 0. The van der Waals surface area contributed by atoms with Crippen LogP contribution >= 0.6 is 11.6 Å². The number of halogens is 1. The standard InChI is InChI=1S/C19H19ClN4/c20-18-12-21-14-22-19(18)24-10-8-23(9-11-24)13-16-6-3-5-15-4-1-2-7-17(15)16/h1-7,12,14H,8-11,13H2. The van der Waals surface area contributed by atoms with Gasteiger partial charge in [-0.25, -0.2) is 9.97 Å². The Morgan fingerprint density at radius 2 is 1.75 bits per heavy atom. The summed E-state index contributed by atoms with van der Waals surface area (Å²) in [5.74, 6) is 0.844. The van der Waals surface area contributed by atoms with Gasteiger partial charge in [-0.2, -0.15) is 0 Å². The number of fused-ring (bicyclic) bond motifs is 1. The van der Waals surface area contributed by atoms with E-state index < -0.39 is 0 Å². The molecule has 0 spiro atoms. The molecule has 1 saturated heterocycles. The highest BCUT2D eigenvalue weighted by Crippen LogP contribution is 2.24. The summed E-state index contributed by atoms with van der Waals surface area (Å²) in [6, 6.07) is 15.1. The van der Waals surface area contributed by atoms with Crippen LogP contribution in [-0.2, 0) is 6.54 Å². The molecule has 1 aliphatic heterocycles. The van der Waals surface area contributed by atoms with Crippen molar-refractivity contribution in [3.05, 3.63) is 65.6 Å². The summed E-state index contributed by atoms with van der Waals surface area (Å²) < 4.78 is 0. The van der Waals surface area contributed by atoms with Gasteiger partial charge in [0, 0.05) is 32.7 Å². The van der Waals surface area contributed by atoms with Gasteiger partial charge in [-0.1, -0.05) is 54.1 Å². The van der Waals surface area contributed by atoms with E-state index in [0.717, 1.165) is 38.5 Å². The second-order valence-corrected chi connectivity index (χ2v) is 6.50. The zero-order chi connectivity index (χ0) is 16.4. The van der Waals surface area contributed by atoms with Gasteiger partial charge in [0.2, 0.25) is 0 Å². The van der Waals surface area contributed by atoms with Crippen LogP contribution < -0.4 is 4.90 Å². The first-order chi connectivity index (χ1) is 11.8. The quantitative estimate of drug-likeness (QED) is 0.730. The van der Waals surface area contributed by atoms with Gasteiger partial charge in [-0.15, -0.1) is 0 Å². The molecule has 5 heteroatoms. The van der Waals surface area contributed by atoms with E-state index in [1.807, 2.05) is 0 Å². The highest BCUT2D eigenvalue weighted by Gasteiger charge is 2.20. The van der Waals surface area contributed by atoms with Crippen LogP contribution in [0.5, 0.6) is 0 Å². The lowest BCUT2D eigenvalue weighted by Gasteiger charge is -2.35. The number of benzene rings is 2. The van der Waals surface area contributed by atoms with Crippen LogP contribution in [-0.4, -0.2) is 41.0 Å². The predicted octanol–water partition coefficient (Wildman–Crippen LogP) is 3.61. The van der Waals surface area contributed by atoms with Crippen LogP contribution in [0.4, 0.5) is 5.82 Å². The van der Waals surface area contributed by atoms with E-state index in [0.29, 0.717) is 5.02 Å². The smallest absolute Gasteiger partial charge is 0.150 e. The minimum Gasteiger partial charge on any atom is -0.353 e.